The van der Waals surface area contributed by atoms with Gasteiger partial charge in [0.1, 0.15) is 0 Å². The van der Waals surface area contributed by atoms with Crippen molar-refractivity contribution in [3.8, 4) is 6.07 Å². The molecule has 0 fully saturated rings. The number of hydrogen-bond donors (Lipinski definition) is 0. The predicted octanol–water partition coefficient (Wildman–Crippen LogP) is 5.25. The van der Waals surface area contributed by atoms with Gasteiger partial charge in [-0.3, -0.25) is 4.79 Å². The molecule has 0 spiro atoms. The molecule has 0 unspecified atom stereocenters. The molecule has 1 aromatic heterocycles. The smallest absolute Gasteiger partial charge is 0.237 e. The highest BCUT2D eigenvalue weighted by molar-refractivity contribution is 7.99. The third kappa shape index (κ3) is 3.89. The number of carbonyl (C=O) groups is 1. The SMILES string of the molecule is CCN(C(=O)CSc1nc2ccccc2n1CCC#N)c1cccc2ccccc12. The van der Waals surface area contributed by atoms with Gasteiger partial charge < -0.3 is 9.47 Å². The van der Waals surface area contributed by atoms with Gasteiger partial charge in [-0.25, -0.2) is 4.98 Å². The zero-order valence-corrected chi connectivity index (χ0v) is 17.6. The fourth-order valence-electron chi connectivity index (χ4n) is 3.67. The number of aromatic nitrogens is 2. The predicted molar refractivity (Wildman–Crippen MR) is 123 cm³/mol. The van der Waals surface area contributed by atoms with Gasteiger partial charge in [-0.1, -0.05) is 60.3 Å². The number of aryl methyl sites for hydroxylation is 1. The van der Waals surface area contributed by atoms with Crippen LogP contribution in [-0.2, 0) is 11.3 Å². The Kier molecular flexibility index (Phi) is 6.01. The molecule has 1 amide bonds. The number of nitriles is 1. The van der Waals surface area contributed by atoms with Crippen molar-refractivity contribution in [3.05, 3.63) is 66.7 Å². The van der Waals surface area contributed by atoms with Crippen LogP contribution in [0.3, 0.4) is 0 Å². The molecular weight excluding hydrogens is 392 g/mol. The second-order valence-electron chi connectivity index (χ2n) is 6.87. The van der Waals surface area contributed by atoms with Crippen LogP contribution in [0.5, 0.6) is 0 Å². The van der Waals surface area contributed by atoms with Gasteiger partial charge in [0, 0.05) is 18.5 Å². The fraction of sp³-hybridized carbons (Fsp3) is 0.208. The van der Waals surface area contributed by atoms with Gasteiger partial charge in [0.05, 0.1) is 35.0 Å². The molecule has 1 heterocycles. The van der Waals surface area contributed by atoms with Crippen molar-refractivity contribution in [2.24, 2.45) is 0 Å². The summed E-state index contributed by atoms with van der Waals surface area (Å²) in [4.78, 5) is 19.7. The second kappa shape index (κ2) is 9.02. The molecule has 0 aliphatic carbocycles. The Morgan fingerprint density at radius 1 is 1.10 bits per heavy atom. The van der Waals surface area contributed by atoms with Crippen molar-refractivity contribution in [2.75, 3.05) is 17.2 Å². The van der Waals surface area contributed by atoms with E-state index in [0.29, 0.717) is 19.5 Å². The molecule has 30 heavy (non-hydrogen) atoms. The number of nitrogens with zero attached hydrogens (tertiary/aromatic N) is 4. The molecule has 0 saturated heterocycles. The van der Waals surface area contributed by atoms with Crippen molar-refractivity contribution in [2.45, 2.75) is 25.0 Å². The lowest BCUT2D eigenvalue weighted by Crippen LogP contribution is -2.32. The van der Waals surface area contributed by atoms with E-state index in [1.807, 2.05) is 64.9 Å². The summed E-state index contributed by atoms with van der Waals surface area (Å²) < 4.78 is 2.03. The molecule has 4 aromatic rings. The minimum absolute atomic E-state index is 0.0396. The van der Waals surface area contributed by atoms with Crippen molar-refractivity contribution in [1.82, 2.24) is 9.55 Å². The maximum Gasteiger partial charge on any atom is 0.237 e. The van der Waals surface area contributed by atoms with E-state index in [-0.39, 0.29) is 11.7 Å². The molecule has 3 aromatic carbocycles. The quantitative estimate of drug-likeness (QED) is 0.388. The second-order valence-corrected chi connectivity index (χ2v) is 7.81. The van der Waals surface area contributed by atoms with E-state index < -0.39 is 0 Å². The van der Waals surface area contributed by atoms with Crippen LogP contribution in [-0.4, -0.2) is 27.8 Å². The van der Waals surface area contributed by atoms with Crippen molar-refractivity contribution >= 4 is 45.2 Å². The topological polar surface area (TPSA) is 61.9 Å². The fourth-order valence-corrected chi connectivity index (χ4v) is 4.59. The standard InChI is InChI=1S/C24H22N4OS/c1-2-27(21-14-7-10-18-9-3-4-11-19(18)21)23(29)17-30-24-26-20-12-5-6-13-22(20)28(24)16-8-15-25/h3-7,9-14H,2,8,16-17H2,1H3. The Hall–Kier alpha value is -3.30. The van der Waals surface area contributed by atoms with E-state index in [2.05, 4.69) is 24.3 Å². The molecule has 0 radical (unpaired) electrons. The van der Waals surface area contributed by atoms with Gasteiger partial charge in [-0.05, 0) is 30.5 Å². The average molecular weight is 415 g/mol. The number of benzene rings is 3. The van der Waals surface area contributed by atoms with Gasteiger partial charge in [-0.2, -0.15) is 5.26 Å². The largest absolute Gasteiger partial charge is 0.318 e. The number of fused-ring (bicyclic) bond motifs is 2. The van der Waals surface area contributed by atoms with Crippen molar-refractivity contribution in [3.63, 3.8) is 0 Å². The molecule has 0 aliphatic rings. The molecule has 0 saturated carbocycles. The minimum atomic E-state index is 0.0396. The molecule has 0 atom stereocenters. The number of hydrogen-bond acceptors (Lipinski definition) is 4. The van der Waals surface area contributed by atoms with Crippen LogP contribution in [0.2, 0.25) is 0 Å². The minimum Gasteiger partial charge on any atom is -0.318 e. The van der Waals surface area contributed by atoms with E-state index in [1.54, 1.807) is 0 Å². The molecule has 0 aliphatic heterocycles. The Balaban J connectivity index is 1.59. The Bertz CT molecular complexity index is 1240. The van der Waals surface area contributed by atoms with Gasteiger partial charge in [-0.15, -0.1) is 0 Å². The van der Waals surface area contributed by atoms with Gasteiger partial charge in [0.2, 0.25) is 5.91 Å². The molecule has 6 heteroatoms. The summed E-state index contributed by atoms with van der Waals surface area (Å²) in [6, 6.07) is 24.2. The third-order valence-electron chi connectivity index (χ3n) is 5.07. The number of rotatable bonds is 7. The maximum atomic E-state index is 13.1. The zero-order valence-electron chi connectivity index (χ0n) is 16.8. The van der Waals surface area contributed by atoms with Crippen LogP contribution < -0.4 is 4.90 Å². The lowest BCUT2D eigenvalue weighted by atomic mass is 10.1. The first kappa shape index (κ1) is 20.0. The average Bonchev–Trinajstić information content (AvgIpc) is 3.14. The Morgan fingerprint density at radius 2 is 1.87 bits per heavy atom. The molecule has 4 rings (SSSR count). The number of carbonyl (C=O) groups excluding carboxylic acids is 1. The first-order valence-electron chi connectivity index (χ1n) is 9.96. The Labute approximate surface area is 179 Å². The Morgan fingerprint density at radius 3 is 2.70 bits per heavy atom. The lowest BCUT2D eigenvalue weighted by Gasteiger charge is -2.22. The van der Waals surface area contributed by atoms with Crippen LogP contribution in [0.4, 0.5) is 5.69 Å². The van der Waals surface area contributed by atoms with E-state index in [4.69, 9.17) is 10.2 Å². The highest BCUT2D eigenvalue weighted by Gasteiger charge is 2.18. The summed E-state index contributed by atoms with van der Waals surface area (Å²) in [5.41, 5.74) is 2.80. The summed E-state index contributed by atoms with van der Waals surface area (Å²) in [7, 11) is 0. The van der Waals surface area contributed by atoms with Gasteiger partial charge in [0.15, 0.2) is 5.16 Å². The highest BCUT2D eigenvalue weighted by Crippen LogP contribution is 2.29. The first-order valence-corrected chi connectivity index (χ1v) is 10.9. The van der Waals surface area contributed by atoms with Crippen LogP contribution >= 0.6 is 11.8 Å². The van der Waals surface area contributed by atoms with Crippen molar-refractivity contribution < 1.29 is 4.79 Å². The third-order valence-corrected chi connectivity index (χ3v) is 6.03. The van der Waals surface area contributed by atoms with Gasteiger partial charge in [0.25, 0.3) is 0 Å². The number of thioether (sulfide) groups is 1. The molecule has 0 N–H and O–H groups in total. The molecule has 5 nitrogen and oxygen atoms in total. The normalized spacial score (nSPS) is 10.9. The number of para-hydroxylation sites is 2. The number of imidazole rings is 1. The highest BCUT2D eigenvalue weighted by atomic mass is 32.2. The summed E-state index contributed by atoms with van der Waals surface area (Å²) in [6.07, 6.45) is 0.402. The lowest BCUT2D eigenvalue weighted by molar-refractivity contribution is -0.116. The van der Waals surface area contributed by atoms with Gasteiger partial charge >= 0.3 is 0 Å². The van der Waals surface area contributed by atoms with Crippen LogP contribution in [0.1, 0.15) is 13.3 Å². The van der Waals surface area contributed by atoms with E-state index >= 15 is 0 Å². The van der Waals surface area contributed by atoms with Crippen LogP contribution in [0, 0.1) is 11.3 Å². The van der Waals surface area contributed by atoms with E-state index in [9.17, 15) is 4.79 Å². The van der Waals surface area contributed by atoms with Crippen LogP contribution in [0.25, 0.3) is 21.8 Å². The first-order chi connectivity index (χ1) is 14.7. The monoisotopic (exact) mass is 414 g/mol. The summed E-state index contributed by atoms with van der Waals surface area (Å²) in [5, 5.41) is 12.0. The zero-order chi connectivity index (χ0) is 20.9. The van der Waals surface area contributed by atoms with E-state index in [0.717, 1.165) is 32.6 Å². The van der Waals surface area contributed by atoms with Crippen LogP contribution in [0.15, 0.2) is 71.9 Å². The van der Waals surface area contributed by atoms with E-state index in [1.165, 1.54) is 11.8 Å². The number of amides is 1. The maximum absolute atomic E-state index is 13.1. The molecule has 150 valence electrons. The molecular formula is C24H22N4OS. The molecule has 0 bridgehead atoms. The van der Waals surface area contributed by atoms with Crippen molar-refractivity contribution in [1.29, 1.82) is 5.26 Å². The number of anilines is 1. The summed E-state index contributed by atoms with van der Waals surface area (Å²) in [6.45, 7) is 3.15. The summed E-state index contributed by atoms with van der Waals surface area (Å²) in [5.74, 6) is 0.324. The summed E-state index contributed by atoms with van der Waals surface area (Å²) >= 11 is 1.43.